The average Bonchev–Trinajstić information content (AvgIpc) is 3.19. The molecule has 13 heteroatoms. The number of ether oxygens (including phenoxy) is 1. The number of anilines is 1. The van der Waals surface area contributed by atoms with Crippen LogP contribution >= 0.6 is 11.6 Å². The highest BCUT2D eigenvalue weighted by Gasteiger charge is 2.38. The molecule has 0 saturated carbocycles. The molecule has 0 aliphatic carbocycles. The number of hydrogen-bond acceptors (Lipinski definition) is 6. The van der Waals surface area contributed by atoms with Gasteiger partial charge in [-0.15, -0.1) is 0 Å². The number of alkyl halides is 6. The van der Waals surface area contributed by atoms with Crippen molar-refractivity contribution in [3.05, 3.63) is 51.9 Å². The summed E-state index contributed by atoms with van der Waals surface area (Å²) in [4.78, 5) is 21.9. The van der Waals surface area contributed by atoms with Gasteiger partial charge < -0.3 is 15.0 Å². The van der Waals surface area contributed by atoms with Gasteiger partial charge in [-0.25, -0.2) is 9.78 Å². The summed E-state index contributed by atoms with van der Waals surface area (Å²) in [5, 5.41) is 2.94. The van der Waals surface area contributed by atoms with Gasteiger partial charge in [0.2, 0.25) is 5.28 Å². The summed E-state index contributed by atoms with van der Waals surface area (Å²) >= 11 is 5.91. The van der Waals surface area contributed by atoms with Crippen LogP contribution in [0.25, 0.3) is 0 Å². The summed E-state index contributed by atoms with van der Waals surface area (Å²) < 4.78 is 83.5. The summed E-state index contributed by atoms with van der Waals surface area (Å²) in [6.45, 7) is 1.99. The zero-order chi connectivity index (χ0) is 25.3. The first kappa shape index (κ1) is 26.0. The molecule has 0 radical (unpaired) electrons. The Balaban J connectivity index is 1.82. The largest absolute Gasteiger partial charge is 0.465 e. The van der Waals surface area contributed by atoms with Crippen LogP contribution in [0.3, 0.4) is 0 Å². The Kier molecular flexibility index (Phi) is 7.61. The van der Waals surface area contributed by atoms with E-state index in [4.69, 9.17) is 16.3 Å². The zero-order valence-electron chi connectivity index (χ0n) is 18.1. The maximum atomic E-state index is 13.1. The first-order valence-corrected chi connectivity index (χ1v) is 10.6. The highest BCUT2D eigenvalue weighted by Crippen LogP contribution is 2.36. The second-order valence-corrected chi connectivity index (χ2v) is 8.15. The van der Waals surface area contributed by atoms with Crippen LogP contribution in [-0.4, -0.2) is 41.7 Å². The number of rotatable bonds is 6. The van der Waals surface area contributed by atoms with Gasteiger partial charge in [-0.05, 0) is 48.2 Å². The van der Waals surface area contributed by atoms with Crippen LogP contribution in [0.5, 0.6) is 0 Å². The molecule has 1 aromatic carbocycles. The van der Waals surface area contributed by atoms with Crippen LogP contribution in [-0.2, 0) is 23.6 Å². The number of halogens is 7. The van der Waals surface area contributed by atoms with E-state index in [9.17, 15) is 31.1 Å². The third-order valence-corrected chi connectivity index (χ3v) is 5.73. The number of nitrogens with one attached hydrogen (secondary N) is 1. The number of carbonyl (C=O) groups is 1. The third kappa shape index (κ3) is 5.90. The fourth-order valence-corrected chi connectivity index (χ4v) is 4.05. The van der Waals surface area contributed by atoms with Crippen molar-refractivity contribution < 1.29 is 35.9 Å². The van der Waals surface area contributed by atoms with Gasteiger partial charge in [0.05, 0.1) is 18.2 Å². The summed E-state index contributed by atoms with van der Waals surface area (Å²) in [5.74, 6) is -0.414. The fourth-order valence-electron chi connectivity index (χ4n) is 3.92. The van der Waals surface area contributed by atoms with E-state index in [0.29, 0.717) is 31.5 Å². The van der Waals surface area contributed by atoms with Crippen molar-refractivity contribution in [2.45, 2.75) is 50.7 Å². The van der Waals surface area contributed by atoms with Gasteiger partial charge >= 0.3 is 18.3 Å². The number of methoxy groups -OCH3 is 1. The molecule has 34 heavy (non-hydrogen) atoms. The summed E-state index contributed by atoms with van der Waals surface area (Å²) in [5.41, 5.74) is -2.78. The van der Waals surface area contributed by atoms with Crippen LogP contribution in [0.15, 0.2) is 24.4 Å². The van der Waals surface area contributed by atoms with Crippen LogP contribution in [0, 0.1) is 0 Å². The van der Waals surface area contributed by atoms with Gasteiger partial charge in [0.25, 0.3) is 0 Å². The maximum absolute atomic E-state index is 13.1. The van der Waals surface area contributed by atoms with Crippen LogP contribution in [0.4, 0.5) is 32.2 Å². The molecule has 1 aliphatic heterocycles. The molecule has 1 N–H and O–H groups in total. The molecule has 0 amide bonds. The molecular formula is C21H21ClF6N4O2. The van der Waals surface area contributed by atoms with Gasteiger partial charge in [-0.2, -0.15) is 31.3 Å². The molecule has 2 heterocycles. The Hall–Kier alpha value is -2.60. The minimum absolute atomic E-state index is 0.0856. The zero-order valence-corrected chi connectivity index (χ0v) is 18.9. The Morgan fingerprint density at radius 3 is 2.32 bits per heavy atom. The van der Waals surface area contributed by atoms with Crippen molar-refractivity contribution in [2.24, 2.45) is 0 Å². The topological polar surface area (TPSA) is 67.3 Å². The Labute approximate surface area is 196 Å². The van der Waals surface area contributed by atoms with Crippen LogP contribution in [0.2, 0.25) is 5.28 Å². The average molecular weight is 511 g/mol. The summed E-state index contributed by atoms with van der Waals surface area (Å²) in [6, 6.07) is 1.09. The fraction of sp³-hybridized carbons (Fsp3) is 0.476. The monoisotopic (exact) mass is 510 g/mol. The highest BCUT2D eigenvalue weighted by atomic mass is 35.5. The van der Waals surface area contributed by atoms with E-state index in [2.05, 4.69) is 15.3 Å². The number of esters is 1. The molecule has 1 aliphatic rings. The second-order valence-electron chi connectivity index (χ2n) is 7.81. The molecule has 2 atom stereocenters. The quantitative estimate of drug-likeness (QED) is 0.331. The van der Waals surface area contributed by atoms with E-state index in [-0.39, 0.29) is 46.9 Å². The Morgan fingerprint density at radius 1 is 1.18 bits per heavy atom. The van der Waals surface area contributed by atoms with Crippen molar-refractivity contribution in [1.82, 2.24) is 15.3 Å². The van der Waals surface area contributed by atoms with Gasteiger partial charge in [0.15, 0.2) is 0 Å². The Bertz CT molecular complexity index is 1010. The molecule has 2 aromatic rings. The van der Waals surface area contributed by atoms with Gasteiger partial charge in [-0.3, -0.25) is 0 Å². The second kappa shape index (κ2) is 9.95. The number of carbonyl (C=O) groups excluding carboxylic acids is 1. The molecule has 186 valence electrons. The first-order valence-electron chi connectivity index (χ1n) is 10.2. The lowest BCUT2D eigenvalue weighted by molar-refractivity contribution is -0.143. The van der Waals surface area contributed by atoms with E-state index >= 15 is 0 Å². The van der Waals surface area contributed by atoms with Gasteiger partial charge in [0.1, 0.15) is 11.4 Å². The first-order chi connectivity index (χ1) is 15.8. The summed E-state index contributed by atoms with van der Waals surface area (Å²) in [6.07, 6.45) is -7.43. The van der Waals surface area contributed by atoms with E-state index in [1.165, 1.54) is 13.3 Å². The highest BCUT2D eigenvalue weighted by molar-refractivity contribution is 6.28. The minimum atomic E-state index is -4.91. The minimum Gasteiger partial charge on any atom is -0.465 e. The van der Waals surface area contributed by atoms with Crippen molar-refractivity contribution in [2.75, 3.05) is 18.6 Å². The molecule has 0 bridgehead atoms. The number of benzene rings is 1. The van der Waals surface area contributed by atoms with E-state index < -0.39 is 29.4 Å². The van der Waals surface area contributed by atoms with Gasteiger partial charge in [0, 0.05) is 31.4 Å². The molecule has 6 nitrogen and oxygen atoms in total. The molecule has 1 saturated heterocycles. The SMILES string of the molecule is CC[C@@H]1CC(NCc2cc(C(F)(F)F)cc(C(F)(F)F)c2)CN1c1nc(Cl)ncc1C(=O)OC. The standard InChI is InChI=1S/C21H21ClF6N4O2/c1-3-15-7-14(10-32(15)17-16(18(33)34-2)9-30-19(22)31-17)29-8-11-4-12(20(23,24)25)6-13(5-11)21(26,27)28/h4-6,9,14-15,29H,3,7-8,10H2,1-2H3/t14?,15-/m1/s1. The van der Waals surface area contributed by atoms with Gasteiger partial charge in [-0.1, -0.05) is 6.92 Å². The van der Waals surface area contributed by atoms with E-state index in [1.807, 2.05) is 11.8 Å². The van der Waals surface area contributed by atoms with E-state index in [1.54, 1.807) is 0 Å². The lowest BCUT2D eigenvalue weighted by atomic mass is 10.0. The predicted octanol–water partition coefficient (Wildman–Crippen LogP) is 5.10. The van der Waals surface area contributed by atoms with Crippen LogP contribution < -0.4 is 10.2 Å². The number of hydrogen-bond donors (Lipinski definition) is 1. The normalized spacial score (nSPS) is 18.9. The van der Waals surface area contributed by atoms with Crippen molar-refractivity contribution >= 4 is 23.4 Å². The molecule has 1 fully saturated rings. The lowest BCUT2D eigenvalue weighted by Gasteiger charge is -2.26. The maximum Gasteiger partial charge on any atom is 0.416 e. The molecule has 1 aromatic heterocycles. The van der Waals surface area contributed by atoms with Crippen molar-refractivity contribution in [3.8, 4) is 0 Å². The summed E-state index contributed by atoms with van der Waals surface area (Å²) in [7, 11) is 1.20. The smallest absolute Gasteiger partial charge is 0.416 e. The Morgan fingerprint density at radius 2 is 1.79 bits per heavy atom. The molecular weight excluding hydrogens is 490 g/mol. The predicted molar refractivity (Wildman–Crippen MR) is 111 cm³/mol. The molecule has 3 rings (SSSR count). The number of nitrogens with zero attached hydrogens (tertiary/aromatic N) is 3. The molecule has 0 spiro atoms. The number of aromatic nitrogens is 2. The van der Waals surface area contributed by atoms with E-state index in [0.717, 1.165) is 0 Å². The lowest BCUT2D eigenvalue weighted by Crippen LogP contribution is -2.34. The van der Waals surface area contributed by atoms with Crippen LogP contribution in [0.1, 0.15) is 46.8 Å². The van der Waals surface area contributed by atoms with Crippen molar-refractivity contribution in [3.63, 3.8) is 0 Å². The molecule has 1 unspecified atom stereocenters. The third-order valence-electron chi connectivity index (χ3n) is 5.54. The van der Waals surface area contributed by atoms with Crippen molar-refractivity contribution in [1.29, 1.82) is 0 Å².